The van der Waals surface area contributed by atoms with Gasteiger partial charge in [-0.3, -0.25) is 13.7 Å². The maximum absolute atomic E-state index is 11.9. The zero-order valence-corrected chi connectivity index (χ0v) is 16.4. The molecule has 16 heteroatoms. The minimum absolute atomic E-state index is 0. The molecule has 0 bridgehead atoms. The Balaban J connectivity index is 0.00000171. The van der Waals surface area contributed by atoms with E-state index in [4.69, 9.17) is 0 Å². The van der Waals surface area contributed by atoms with Crippen LogP contribution >= 0.6 is 0 Å². The summed E-state index contributed by atoms with van der Waals surface area (Å²) in [5, 5.41) is 9.21. The average molecular weight is 530 g/mol. The number of hydrogen-bond donors (Lipinski definition) is 4. The van der Waals surface area contributed by atoms with Crippen molar-refractivity contribution in [2.75, 3.05) is 0 Å². The predicted molar refractivity (Wildman–Crippen MR) is 123 cm³/mol. The van der Waals surface area contributed by atoms with Crippen LogP contribution in [0.2, 0.25) is 0 Å². The zero-order chi connectivity index (χ0) is 21.5. The van der Waals surface area contributed by atoms with Gasteiger partial charge in [-0.1, -0.05) is 6.07 Å². The van der Waals surface area contributed by atoms with E-state index >= 15 is 0 Å². The minimum atomic E-state index is -5.10. The van der Waals surface area contributed by atoms with Gasteiger partial charge in [0.05, 0.1) is 0 Å². The summed E-state index contributed by atoms with van der Waals surface area (Å²) in [6, 6.07) is 5.98. The molecule has 0 heterocycles. The first-order chi connectivity index (χ1) is 13.2. The molecule has 4 aromatic carbocycles. The van der Waals surface area contributed by atoms with Gasteiger partial charge in [-0.25, -0.2) is 0 Å². The van der Waals surface area contributed by atoms with Crippen molar-refractivity contribution < 1.29 is 44.0 Å². The van der Waals surface area contributed by atoms with Gasteiger partial charge in [0.2, 0.25) is 0 Å². The third kappa shape index (κ3) is 5.03. The molecule has 0 aliphatic carbocycles. The van der Waals surface area contributed by atoms with Crippen LogP contribution in [0.3, 0.4) is 0 Å². The maximum atomic E-state index is 11.9. The van der Waals surface area contributed by atoms with E-state index in [9.17, 15) is 44.0 Å². The number of phenolic OH excluding ortho intramolecular Hbond substituents is 1. The Bertz CT molecular complexity index is 1680. The molecule has 0 radical (unpaired) electrons. The second kappa shape index (κ2) is 9.84. The number of hydrogen-bond acceptors (Lipinski definition) is 7. The van der Waals surface area contributed by atoms with Crippen molar-refractivity contribution in [3.8, 4) is 5.75 Å². The third-order valence-corrected chi connectivity index (χ3v) is 7.28. The molecule has 0 unspecified atom stereocenters. The molecule has 0 aliphatic rings. The molecule has 10 nitrogen and oxygen atoms in total. The third-order valence-electron chi connectivity index (χ3n) is 4.60. The summed E-state index contributed by atoms with van der Waals surface area (Å²) in [6.45, 7) is 0. The molecule has 4 N–H and O–H groups in total. The Morgan fingerprint density at radius 1 is 0.500 bits per heavy atom. The summed E-state index contributed by atoms with van der Waals surface area (Å²) in [6.07, 6.45) is 0. The van der Waals surface area contributed by atoms with E-state index in [1.54, 1.807) is 0 Å². The van der Waals surface area contributed by atoms with E-state index in [-0.39, 0.29) is 121 Å². The predicted octanol–water partition coefficient (Wildman–Crippen LogP) is 0.0842. The van der Waals surface area contributed by atoms with E-state index in [0.717, 1.165) is 18.2 Å². The fourth-order valence-electron chi connectivity index (χ4n) is 3.51. The number of benzene rings is 4. The quantitative estimate of drug-likeness (QED) is 0.161. The van der Waals surface area contributed by atoms with Gasteiger partial charge in [-0.15, -0.1) is 0 Å². The van der Waals surface area contributed by atoms with Gasteiger partial charge in [0.1, 0.15) is 20.4 Å². The molecule has 0 fully saturated rings. The van der Waals surface area contributed by atoms with Crippen LogP contribution in [0.4, 0.5) is 0 Å². The van der Waals surface area contributed by atoms with Crippen molar-refractivity contribution in [2.24, 2.45) is 0 Å². The van der Waals surface area contributed by atoms with Gasteiger partial charge >= 0.3 is 88.7 Å². The van der Waals surface area contributed by atoms with E-state index in [1.807, 2.05) is 0 Å². The Kier molecular flexibility index (Phi) is 9.37. The first kappa shape index (κ1) is 30.5. The molecule has 4 aromatic rings. The number of phenols is 1. The van der Waals surface area contributed by atoms with Crippen LogP contribution < -0.4 is 0 Å². The summed E-state index contributed by atoms with van der Waals surface area (Å²) in [7, 11) is -15.0. The average Bonchev–Trinajstić information content (AvgIpc) is 2.57. The van der Waals surface area contributed by atoms with Crippen LogP contribution in [-0.4, -0.2) is 133 Å². The molecule has 32 heavy (non-hydrogen) atoms. The first-order valence-electron chi connectivity index (χ1n) is 7.61. The van der Waals surface area contributed by atoms with Crippen LogP contribution in [0.25, 0.3) is 32.3 Å². The Labute approximate surface area is 248 Å². The molecule has 0 spiro atoms. The van der Waals surface area contributed by atoms with Crippen molar-refractivity contribution in [1.29, 1.82) is 0 Å². The van der Waals surface area contributed by atoms with Gasteiger partial charge in [0, 0.05) is 32.3 Å². The normalized spacial score (nSPS) is 12.3. The molecule has 0 saturated heterocycles. The Morgan fingerprint density at radius 2 is 0.844 bits per heavy atom. The zero-order valence-electron chi connectivity index (χ0n) is 13.9. The van der Waals surface area contributed by atoms with E-state index < -0.39 is 50.4 Å². The fourth-order valence-corrected chi connectivity index (χ4v) is 5.72. The fraction of sp³-hybridized carbons (Fsp3) is 0. The second-order valence-corrected chi connectivity index (χ2v) is 10.4. The van der Waals surface area contributed by atoms with E-state index in [2.05, 4.69) is 0 Å². The summed E-state index contributed by atoms with van der Waals surface area (Å²) >= 11 is 0. The molecule has 158 valence electrons. The van der Waals surface area contributed by atoms with Crippen LogP contribution in [0.5, 0.6) is 5.75 Å². The molecular weight excluding hydrogens is 517 g/mol. The van der Waals surface area contributed by atoms with Crippen molar-refractivity contribution >= 4 is 151 Å². The van der Waals surface area contributed by atoms with Gasteiger partial charge < -0.3 is 5.11 Å². The van der Waals surface area contributed by atoms with Crippen LogP contribution in [0.1, 0.15) is 0 Å². The first-order valence-corrected chi connectivity index (χ1v) is 11.9. The molecule has 0 aliphatic heterocycles. The molecule has 0 amide bonds. The topological polar surface area (TPSA) is 183 Å². The van der Waals surface area contributed by atoms with Crippen molar-refractivity contribution in [3.63, 3.8) is 0 Å². The second-order valence-electron chi connectivity index (χ2n) is 6.26. The monoisotopic (exact) mass is 530 g/mol. The number of rotatable bonds is 3. The summed E-state index contributed by atoms with van der Waals surface area (Å²) in [5.41, 5.74) is 0. The van der Waals surface area contributed by atoms with Gasteiger partial charge in [0.15, 0.2) is 0 Å². The van der Waals surface area contributed by atoms with Gasteiger partial charge in [0.25, 0.3) is 30.4 Å². The molecule has 0 aromatic heterocycles. The van der Waals surface area contributed by atoms with E-state index in [0.29, 0.717) is 6.07 Å². The molecule has 0 atom stereocenters. The Morgan fingerprint density at radius 3 is 1.31 bits per heavy atom. The van der Waals surface area contributed by atoms with Crippen molar-refractivity contribution in [2.45, 2.75) is 14.7 Å². The number of aromatic hydroxyl groups is 1. The van der Waals surface area contributed by atoms with Gasteiger partial charge in [-0.05, 0) is 30.3 Å². The summed E-state index contributed by atoms with van der Waals surface area (Å²) < 4.78 is 100. The van der Waals surface area contributed by atoms with Gasteiger partial charge in [-0.2, -0.15) is 25.3 Å². The molecule has 0 saturated carbocycles. The SMILES string of the molecule is O=S(=O)(O)c1cc2c(S(=O)(=O)O)cc(S(=O)(=O)O)c3ccc4c(O)ccc1c4c32.[NaH].[NaH].[NaH]. The summed E-state index contributed by atoms with van der Waals surface area (Å²) in [4.78, 5) is -2.56. The van der Waals surface area contributed by atoms with Crippen molar-refractivity contribution in [3.05, 3.63) is 36.4 Å². The van der Waals surface area contributed by atoms with Crippen molar-refractivity contribution in [1.82, 2.24) is 0 Å². The van der Waals surface area contributed by atoms with E-state index in [1.165, 1.54) is 12.1 Å². The molecular formula is C16H13Na3O10S3. The van der Waals surface area contributed by atoms with Crippen LogP contribution in [-0.2, 0) is 30.4 Å². The summed E-state index contributed by atoms with van der Waals surface area (Å²) in [5.74, 6) is -0.334. The van der Waals surface area contributed by atoms with Crippen LogP contribution in [0.15, 0.2) is 51.1 Å². The van der Waals surface area contributed by atoms with Crippen LogP contribution in [0, 0.1) is 0 Å². The Hall–Kier alpha value is 0.450. The standard InChI is InChI=1S/C16H10O10S3.3Na.3H/c17-11-4-3-9-12(27(18,19)20)5-10-14(29(24,25)26)6-13(28(21,22)23)8-2-1-7(11)15(9)16(8)10;;;;;;/h1-6,17H,(H,18,19,20)(H,21,22,23)(H,24,25,26);;;;;;. The molecule has 4 rings (SSSR count).